The first kappa shape index (κ1) is 22.6. The fourth-order valence-corrected chi connectivity index (χ4v) is 3.20. The average Bonchev–Trinajstić information content (AvgIpc) is 2.68. The van der Waals surface area contributed by atoms with Crippen LogP contribution < -0.4 is 15.5 Å². The summed E-state index contributed by atoms with van der Waals surface area (Å²) in [6.07, 6.45) is 1.60. The van der Waals surface area contributed by atoms with E-state index in [1.807, 2.05) is 25.1 Å². The van der Waals surface area contributed by atoms with Crippen LogP contribution in [-0.2, 0) is 4.79 Å². The number of rotatable bonds is 7. The number of nitrogens with zero attached hydrogens (tertiary/aromatic N) is 1. The topological polar surface area (TPSA) is 79.8 Å². The summed E-state index contributed by atoms with van der Waals surface area (Å²) in [5.41, 5.74) is 5.89. The van der Waals surface area contributed by atoms with E-state index in [1.165, 1.54) is 0 Å². The molecule has 0 saturated heterocycles. The van der Waals surface area contributed by atoms with Crippen LogP contribution in [0.15, 0.2) is 46.0 Å². The maximum absolute atomic E-state index is 12.3. The summed E-state index contributed by atoms with van der Waals surface area (Å²) in [6, 6.07) is 10.3. The van der Waals surface area contributed by atoms with Crippen LogP contribution in [0.1, 0.15) is 53.7 Å². The van der Waals surface area contributed by atoms with E-state index in [4.69, 9.17) is 4.74 Å². The zero-order chi connectivity index (χ0) is 21.6. The molecular formula is C22H26BrN3O3. The number of nitrogens with one attached hydrogen (secondary N) is 2. The summed E-state index contributed by atoms with van der Waals surface area (Å²) in [5.74, 6) is 0.385. The van der Waals surface area contributed by atoms with Gasteiger partial charge in [-0.1, -0.05) is 26.0 Å². The van der Waals surface area contributed by atoms with Crippen molar-refractivity contribution >= 4 is 34.0 Å². The Hall–Kier alpha value is -2.67. The van der Waals surface area contributed by atoms with Crippen molar-refractivity contribution < 1.29 is 14.3 Å². The van der Waals surface area contributed by atoms with Crippen molar-refractivity contribution in [2.24, 2.45) is 5.10 Å². The highest BCUT2D eigenvalue weighted by Gasteiger charge is 2.17. The Kier molecular flexibility index (Phi) is 7.96. The van der Waals surface area contributed by atoms with Crippen LogP contribution in [0.4, 0.5) is 0 Å². The SMILES string of the molecule is COc1cc(C)c(C=NNC(=O)C(C)NC(=O)c2ccccc2Br)cc1C(C)C. The van der Waals surface area contributed by atoms with Crippen LogP contribution in [0.3, 0.4) is 0 Å². The Morgan fingerprint density at radius 1 is 1.17 bits per heavy atom. The minimum atomic E-state index is -0.741. The van der Waals surface area contributed by atoms with Gasteiger partial charge in [0.25, 0.3) is 11.8 Å². The first-order chi connectivity index (χ1) is 13.7. The second-order valence-corrected chi connectivity index (χ2v) is 7.87. The van der Waals surface area contributed by atoms with Crippen LogP contribution in [-0.4, -0.2) is 31.2 Å². The Morgan fingerprint density at radius 3 is 2.48 bits per heavy atom. The third-order valence-electron chi connectivity index (χ3n) is 4.48. The molecule has 0 aliphatic carbocycles. The number of carbonyl (C=O) groups is 2. The van der Waals surface area contributed by atoms with Crippen molar-refractivity contribution in [3.8, 4) is 5.75 Å². The van der Waals surface area contributed by atoms with Gasteiger partial charge in [0.2, 0.25) is 0 Å². The lowest BCUT2D eigenvalue weighted by Gasteiger charge is -2.15. The molecule has 154 valence electrons. The highest BCUT2D eigenvalue weighted by molar-refractivity contribution is 9.10. The van der Waals surface area contributed by atoms with Gasteiger partial charge < -0.3 is 10.1 Å². The summed E-state index contributed by atoms with van der Waals surface area (Å²) in [7, 11) is 1.65. The molecular weight excluding hydrogens is 434 g/mol. The first-order valence-electron chi connectivity index (χ1n) is 9.31. The minimum absolute atomic E-state index is 0.292. The molecule has 0 aromatic heterocycles. The van der Waals surface area contributed by atoms with Crippen molar-refractivity contribution in [2.75, 3.05) is 7.11 Å². The standard InChI is InChI=1S/C22H26BrN3O3/c1-13(2)18-11-16(14(3)10-20(18)29-5)12-24-26-21(27)15(4)25-22(28)17-8-6-7-9-19(17)23/h6-13,15H,1-5H3,(H,25,28)(H,26,27). The van der Waals surface area contributed by atoms with E-state index in [1.54, 1.807) is 38.4 Å². The van der Waals surface area contributed by atoms with Crippen molar-refractivity contribution in [2.45, 2.75) is 39.7 Å². The van der Waals surface area contributed by atoms with Crippen LogP contribution in [0.25, 0.3) is 0 Å². The van der Waals surface area contributed by atoms with E-state index in [0.29, 0.717) is 16.0 Å². The lowest BCUT2D eigenvalue weighted by molar-refractivity contribution is -0.122. The number of benzene rings is 2. The zero-order valence-corrected chi connectivity index (χ0v) is 18.8. The first-order valence-corrected chi connectivity index (χ1v) is 10.1. The van der Waals surface area contributed by atoms with Gasteiger partial charge in [-0.3, -0.25) is 9.59 Å². The third-order valence-corrected chi connectivity index (χ3v) is 5.17. The number of aryl methyl sites for hydroxylation is 1. The molecule has 2 amide bonds. The van der Waals surface area contributed by atoms with Crippen LogP contribution in [0, 0.1) is 6.92 Å². The molecule has 0 bridgehead atoms. The van der Waals surface area contributed by atoms with Crippen LogP contribution in [0.5, 0.6) is 5.75 Å². The largest absolute Gasteiger partial charge is 0.496 e. The molecule has 0 heterocycles. The molecule has 0 spiro atoms. The summed E-state index contributed by atoms with van der Waals surface area (Å²) >= 11 is 3.33. The number of hydrogen-bond acceptors (Lipinski definition) is 4. The van der Waals surface area contributed by atoms with Gasteiger partial charge in [0.15, 0.2) is 0 Å². The van der Waals surface area contributed by atoms with Gasteiger partial charge in [-0.2, -0.15) is 5.10 Å². The molecule has 1 unspecified atom stereocenters. The van der Waals surface area contributed by atoms with Gasteiger partial charge >= 0.3 is 0 Å². The molecule has 0 aliphatic heterocycles. The van der Waals surface area contributed by atoms with Gasteiger partial charge in [-0.15, -0.1) is 0 Å². The fourth-order valence-electron chi connectivity index (χ4n) is 2.73. The third kappa shape index (κ3) is 5.90. The normalized spacial score (nSPS) is 12.1. The van der Waals surface area contributed by atoms with Gasteiger partial charge in [0.05, 0.1) is 18.9 Å². The van der Waals surface area contributed by atoms with E-state index < -0.39 is 11.9 Å². The molecule has 29 heavy (non-hydrogen) atoms. The van der Waals surface area contributed by atoms with Gasteiger partial charge in [0, 0.05) is 4.47 Å². The Bertz CT molecular complexity index is 926. The Balaban J connectivity index is 2.03. The van der Waals surface area contributed by atoms with Gasteiger partial charge in [0.1, 0.15) is 11.8 Å². The lowest BCUT2D eigenvalue weighted by Crippen LogP contribution is -2.43. The number of amides is 2. The van der Waals surface area contributed by atoms with Crippen molar-refractivity contribution in [1.82, 2.24) is 10.7 Å². The number of halogens is 1. The molecule has 2 aromatic carbocycles. The maximum Gasteiger partial charge on any atom is 0.262 e. The maximum atomic E-state index is 12.3. The molecule has 2 aromatic rings. The summed E-state index contributed by atoms with van der Waals surface area (Å²) in [4.78, 5) is 24.6. The summed E-state index contributed by atoms with van der Waals surface area (Å²) < 4.78 is 6.11. The number of carbonyl (C=O) groups excluding carboxylic acids is 2. The van der Waals surface area contributed by atoms with Crippen molar-refractivity contribution in [3.63, 3.8) is 0 Å². The number of hydrazone groups is 1. The number of hydrogen-bond donors (Lipinski definition) is 2. The van der Waals surface area contributed by atoms with E-state index in [2.05, 4.69) is 45.6 Å². The highest BCUT2D eigenvalue weighted by Crippen LogP contribution is 2.29. The van der Waals surface area contributed by atoms with Gasteiger partial charge in [-0.05, 0) is 76.7 Å². The minimum Gasteiger partial charge on any atom is -0.496 e. The Morgan fingerprint density at radius 2 is 1.86 bits per heavy atom. The fraction of sp³-hybridized carbons (Fsp3) is 0.318. The second kappa shape index (κ2) is 10.2. The van der Waals surface area contributed by atoms with E-state index in [0.717, 1.165) is 22.4 Å². The summed E-state index contributed by atoms with van der Waals surface area (Å²) in [5, 5.41) is 6.72. The highest BCUT2D eigenvalue weighted by atomic mass is 79.9. The van der Waals surface area contributed by atoms with Crippen LogP contribution >= 0.6 is 15.9 Å². The van der Waals surface area contributed by atoms with E-state index >= 15 is 0 Å². The molecule has 6 nitrogen and oxygen atoms in total. The predicted molar refractivity (Wildman–Crippen MR) is 119 cm³/mol. The molecule has 0 radical (unpaired) electrons. The van der Waals surface area contributed by atoms with Crippen molar-refractivity contribution in [3.05, 3.63) is 63.1 Å². The van der Waals surface area contributed by atoms with Gasteiger partial charge in [-0.25, -0.2) is 5.43 Å². The molecule has 2 N–H and O–H groups in total. The molecule has 7 heteroatoms. The van der Waals surface area contributed by atoms with Crippen molar-refractivity contribution in [1.29, 1.82) is 0 Å². The average molecular weight is 460 g/mol. The molecule has 0 saturated carbocycles. The monoisotopic (exact) mass is 459 g/mol. The second-order valence-electron chi connectivity index (χ2n) is 7.01. The summed E-state index contributed by atoms with van der Waals surface area (Å²) in [6.45, 7) is 7.74. The smallest absolute Gasteiger partial charge is 0.262 e. The Labute approximate surface area is 179 Å². The zero-order valence-electron chi connectivity index (χ0n) is 17.2. The number of methoxy groups -OCH3 is 1. The molecule has 0 fully saturated rings. The van der Waals surface area contributed by atoms with E-state index in [-0.39, 0.29) is 5.91 Å². The predicted octanol–water partition coefficient (Wildman–Crippen LogP) is 4.16. The van der Waals surface area contributed by atoms with Crippen LogP contribution in [0.2, 0.25) is 0 Å². The quantitative estimate of drug-likeness (QED) is 0.481. The number of ether oxygens (including phenoxy) is 1. The lowest BCUT2D eigenvalue weighted by atomic mass is 9.97. The molecule has 0 aliphatic rings. The molecule has 1 atom stereocenters. The molecule has 2 rings (SSSR count). The van der Waals surface area contributed by atoms with E-state index in [9.17, 15) is 9.59 Å².